The number of carbonyl (C=O) groups excluding carboxylic acids is 2. The van der Waals surface area contributed by atoms with Gasteiger partial charge in [0, 0.05) is 0 Å². The summed E-state index contributed by atoms with van der Waals surface area (Å²) in [5, 5.41) is 0. The Balaban J connectivity index is 3.10. The number of carbonyl (C=O) groups is 2. The summed E-state index contributed by atoms with van der Waals surface area (Å²) in [6.45, 7) is 1.96. The molecule has 0 bridgehead atoms. The van der Waals surface area contributed by atoms with Gasteiger partial charge in [-0.1, -0.05) is 43.7 Å². The molecule has 2 heteroatoms. The third kappa shape index (κ3) is 1.90. The van der Waals surface area contributed by atoms with Gasteiger partial charge in [0.2, 0.25) is 0 Å². The highest BCUT2D eigenvalue weighted by molar-refractivity contribution is 5.91. The van der Waals surface area contributed by atoms with E-state index in [2.05, 4.69) is 0 Å². The molecule has 0 amide bonds. The molecule has 0 aliphatic carbocycles. The zero-order valence-corrected chi connectivity index (χ0v) is 8.27. The summed E-state index contributed by atoms with van der Waals surface area (Å²) in [4.78, 5) is 22.0. The molecule has 1 aromatic rings. The summed E-state index contributed by atoms with van der Waals surface area (Å²) in [6, 6.07) is 9.19. The van der Waals surface area contributed by atoms with Crippen molar-refractivity contribution in [3.63, 3.8) is 0 Å². The van der Waals surface area contributed by atoms with Crippen molar-refractivity contribution in [2.45, 2.75) is 25.2 Å². The van der Waals surface area contributed by atoms with E-state index in [1.165, 1.54) is 0 Å². The summed E-state index contributed by atoms with van der Waals surface area (Å²) >= 11 is 0. The van der Waals surface area contributed by atoms with Crippen LogP contribution in [0.5, 0.6) is 0 Å². The average Bonchev–Trinajstić information content (AvgIpc) is 2.27. The maximum Gasteiger partial charge on any atom is 0.137 e. The largest absolute Gasteiger partial charge is 0.302 e. The van der Waals surface area contributed by atoms with Crippen LogP contribution in [-0.4, -0.2) is 12.6 Å². The predicted octanol–water partition coefficient (Wildman–Crippen LogP) is 2.12. The van der Waals surface area contributed by atoms with Crippen LogP contribution in [0.2, 0.25) is 0 Å². The van der Waals surface area contributed by atoms with Crippen LogP contribution in [0.1, 0.15) is 25.3 Å². The highest BCUT2D eigenvalue weighted by Gasteiger charge is 2.30. The van der Waals surface area contributed by atoms with Crippen LogP contribution < -0.4 is 0 Å². The second-order valence-corrected chi connectivity index (χ2v) is 3.39. The molecule has 0 atom stereocenters. The van der Waals surface area contributed by atoms with Crippen molar-refractivity contribution in [2.24, 2.45) is 0 Å². The molecular weight excluding hydrogens is 176 g/mol. The van der Waals surface area contributed by atoms with Crippen LogP contribution in [0.3, 0.4) is 0 Å². The van der Waals surface area contributed by atoms with E-state index in [1.54, 1.807) is 0 Å². The smallest absolute Gasteiger partial charge is 0.137 e. The van der Waals surface area contributed by atoms with Gasteiger partial charge in [0.25, 0.3) is 0 Å². The molecule has 0 N–H and O–H groups in total. The SMILES string of the molecule is CCCC(C=O)(C=O)c1ccccc1. The topological polar surface area (TPSA) is 34.1 Å². The van der Waals surface area contributed by atoms with Crippen LogP contribution in [-0.2, 0) is 15.0 Å². The Hall–Kier alpha value is -1.44. The Bertz CT molecular complexity index is 295. The van der Waals surface area contributed by atoms with Gasteiger partial charge in [-0.3, -0.25) is 0 Å². The van der Waals surface area contributed by atoms with Crippen LogP contribution in [0.25, 0.3) is 0 Å². The quantitative estimate of drug-likeness (QED) is 0.526. The molecule has 1 rings (SSSR count). The van der Waals surface area contributed by atoms with Crippen molar-refractivity contribution in [3.05, 3.63) is 35.9 Å². The van der Waals surface area contributed by atoms with Crippen LogP contribution in [0.15, 0.2) is 30.3 Å². The first kappa shape index (κ1) is 10.6. The van der Waals surface area contributed by atoms with Crippen LogP contribution >= 0.6 is 0 Å². The number of hydrogen-bond donors (Lipinski definition) is 0. The predicted molar refractivity (Wildman–Crippen MR) is 55.2 cm³/mol. The minimum atomic E-state index is -0.935. The van der Waals surface area contributed by atoms with E-state index in [0.717, 1.165) is 24.6 Å². The Kier molecular flexibility index (Phi) is 3.57. The van der Waals surface area contributed by atoms with E-state index < -0.39 is 5.41 Å². The van der Waals surface area contributed by atoms with Crippen molar-refractivity contribution < 1.29 is 9.59 Å². The van der Waals surface area contributed by atoms with Crippen molar-refractivity contribution in [1.29, 1.82) is 0 Å². The molecule has 0 spiro atoms. The van der Waals surface area contributed by atoms with Gasteiger partial charge >= 0.3 is 0 Å². The van der Waals surface area contributed by atoms with E-state index in [1.807, 2.05) is 37.3 Å². The first-order chi connectivity index (χ1) is 6.79. The number of benzene rings is 1. The standard InChI is InChI=1S/C12H14O2/c1-2-8-12(9-13,10-14)11-6-4-3-5-7-11/h3-7,9-10H,2,8H2,1H3. The summed E-state index contributed by atoms with van der Waals surface area (Å²) in [5.74, 6) is 0. The van der Waals surface area contributed by atoms with E-state index in [-0.39, 0.29) is 0 Å². The van der Waals surface area contributed by atoms with Gasteiger partial charge in [0.05, 0.1) is 0 Å². The molecule has 0 unspecified atom stereocenters. The summed E-state index contributed by atoms with van der Waals surface area (Å²) < 4.78 is 0. The fourth-order valence-electron chi connectivity index (χ4n) is 1.59. The van der Waals surface area contributed by atoms with Crippen LogP contribution in [0.4, 0.5) is 0 Å². The van der Waals surface area contributed by atoms with Crippen molar-refractivity contribution in [2.75, 3.05) is 0 Å². The molecule has 14 heavy (non-hydrogen) atoms. The number of hydrogen-bond acceptors (Lipinski definition) is 2. The second-order valence-electron chi connectivity index (χ2n) is 3.39. The van der Waals surface area contributed by atoms with Gasteiger partial charge in [0.1, 0.15) is 18.0 Å². The normalized spacial score (nSPS) is 10.9. The maximum absolute atomic E-state index is 11.0. The Morgan fingerprint density at radius 3 is 2.14 bits per heavy atom. The van der Waals surface area contributed by atoms with Gasteiger partial charge in [-0.2, -0.15) is 0 Å². The Labute approximate surface area is 83.9 Å². The Morgan fingerprint density at radius 2 is 1.71 bits per heavy atom. The molecule has 0 aliphatic rings. The van der Waals surface area contributed by atoms with Crippen molar-refractivity contribution in [1.82, 2.24) is 0 Å². The average molecular weight is 190 g/mol. The van der Waals surface area contributed by atoms with Gasteiger partial charge in [-0.05, 0) is 12.0 Å². The molecule has 0 heterocycles. The zero-order valence-electron chi connectivity index (χ0n) is 8.27. The molecule has 2 nitrogen and oxygen atoms in total. The number of aldehydes is 2. The van der Waals surface area contributed by atoms with E-state index in [9.17, 15) is 9.59 Å². The van der Waals surface area contributed by atoms with Gasteiger partial charge in [-0.25, -0.2) is 0 Å². The lowest BCUT2D eigenvalue weighted by Crippen LogP contribution is -2.29. The minimum absolute atomic E-state index is 0.573. The molecule has 0 saturated carbocycles. The fourth-order valence-corrected chi connectivity index (χ4v) is 1.59. The van der Waals surface area contributed by atoms with Crippen LogP contribution in [0, 0.1) is 0 Å². The third-order valence-corrected chi connectivity index (χ3v) is 2.40. The van der Waals surface area contributed by atoms with Gasteiger partial charge in [-0.15, -0.1) is 0 Å². The molecule has 1 aromatic carbocycles. The second kappa shape index (κ2) is 4.70. The summed E-state index contributed by atoms with van der Waals surface area (Å²) in [7, 11) is 0. The van der Waals surface area contributed by atoms with E-state index in [0.29, 0.717) is 6.42 Å². The molecular formula is C12H14O2. The number of rotatable bonds is 5. The summed E-state index contributed by atoms with van der Waals surface area (Å²) in [6.07, 6.45) is 2.88. The lowest BCUT2D eigenvalue weighted by atomic mass is 9.79. The highest BCUT2D eigenvalue weighted by Crippen LogP contribution is 2.24. The fraction of sp³-hybridized carbons (Fsp3) is 0.333. The zero-order chi connectivity index (χ0) is 10.4. The highest BCUT2D eigenvalue weighted by atomic mass is 16.1. The minimum Gasteiger partial charge on any atom is -0.302 e. The molecule has 0 fully saturated rings. The lowest BCUT2D eigenvalue weighted by molar-refractivity contribution is -0.121. The Morgan fingerprint density at radius 1 is 1.14 bits per heavy atom. The summed E-state index contributed by atoms with van der Waals surface area (Å²) in [5.41, 5.74) is -0.150. The molecule has 0 saturated heterocycles. The van der Waals surface area contributed by atoms with Gasteiger partial charge < -0.3 is 9.59 Å². The van der Waals surface area contributed by atoms with E-state index in [4.69, 9.17) is 0 Å². The lowest BCUT2D eigenvalue weighted by Gasteiger charge is -2.20. The van der Waals surface area contributed by atoms with Gasteiger partial charge in [0.15, 0.2) is 0 Å². The molecule has 0 radical (unpaired) electrons. The molecule has 74 valence electrons. The monoisotopic (exact) mass is 190 g/mol. The first-order valence-electron chi connectivity index (χ1n) is 4.77. The first-order valence-corrected chi connectivity index (χ1v) is 4.77. The van der Waals surface area contributed by atoms with Crippen molar-refractivity contribution in [3.8, 4) is 0 Å². The molecule has 0 aromatic heterocycles. The third-order valence-electron chi connectivity index (χ3n) is 2.40. The molecule has 0 aliphatic heterocycles. The van der Waals surface area contributed by atoms with E-state index >= 15 is 0 Å². The van der Waals surface area contributed by atoms with Crippen molar-refractivity contribution >= 4 is 12.6 Å². The maximum atomic E-state index is 11.0.